The van der Waals surface area contributed by atoms with Gasteiger partial charge in [-0.15, -0.1) is 5.10 Å². The number of rotatable bonds is 3. The van der Waals surface area contributed by atoms with Crippen LogP contribution in [0.2, 0.25) is 0 Å². The Morgan fingerprint density at radius 1 is 1.21 bits per heavy atom. The van der Waals surface area contributed by atoms with Gasteiger partial charge in [-0.25, -0.2) is 0 Å². The minimum absolute atomic E-state index is 0.0307. The fourth-order valence-electron chi connectivity index (χ4n) is 3.32. The monoisotopic (exact) mass is 338 g/mol. The lowest BCUT2D eigenvalue weighted by Gasteiger charge is -2.37. The minimum Gasteiger partial charge on any atom is -0.348 e. The number of carbonyl (C=O) groups excluding carboxylic acids is 1. The molecule has 3 aromatic rings. The molecule has 1 amide bonds. The number of nitrogens with zero attached hydrogens (tertiary/aromatic N) is 4. The molecule has 1 aromatic carbocycles. The summed E-state index contributed by atoms with van der Waals surface area (Å²) in [6.07, 6.45) is 2.80. The molecule has 0 bridgehead atoms. The van der Waals surface area contributed by atoms with E-state index in [-0.39, 0.29) is 11.9 Å². The van der Waals surface area contributed by atoms with Crippen LogP contribution in [-0.4, -0.2) is 31.5 Å². The van der Waals surface area contributed by atoms with Gasteiger partial charge in [-0.1, -0.05) is 41.7 Å². The highest BCUT2D eigenvalue weighted by atomic mass is 32.1. The van der Waals surface area contributed by atoms with Crippen molar-refractivity contribution >= 4 is 17.4 Å². The van der Waals surface area contributed by atoms with Crippen LogP contribution in [0.5, 0.6) is 0 Å². The van der Waals surface area contributed by atoms with Crippen LogP contribution < -0.4 is 0 Å². The zero-order valence-electron chi connectivity index (χ0n) is 13.4. The van der Waals surface area contributed by atoms with Gasteiger partial charge in [0.15, 0.2) is 0 Å². The van der Waals surface area contributed by atoms with Crippen molar-refractivity contribution in [1.82, 2.24) is 19.1 Å². The average Bonchev–Trinajstić information content (AvgIpc) is 3.29. The molecule has 6 heteroatoms. The highest BCUT2D eigenvalue weighted by molar-refractivity contribution is 7.08. The van der Waals surface area contributed by atoms with Gasteiger partial charge < -0.3 is 9.47 Å². The number of fused-ring (bicyclic) bond motifs is 1. The maximum atomic E-state index is 13.2. The topological polar surface area (TPSA) is 51.0 Å². The second kappa shape index (κ2) is 6.20. The number of hydrogen-bond acceptors (Lipinski definition) is 4. The van der Waals surface area contributed by atoms with Crippen LogP contribution in [-0.2, 0) is 13.0 Å². The lowest BCUT2D eigenvalue weighted by atomic mass is 9.99. The van der Waals surface area contributed by atoms with E-state index >= 15 is 0 Å². The lowest BCUT2D eigenvalue weighted by Crippen LogP contribution is -2.42. The summed E-state index contributed by atoms with van der Waals surface area (Å²) in [4.78, 5) is 15.8. The molecule has 0 N–H and O–H groups in total. The third kappa shape index (κ3) is 2.43. The molecule has 5 nitrogen and oxygen atoms in total. The van der Waals surface area contributed by atoms with Crippen molar-refractivity contribution in [2.24, 2.45) is 0 Å². The predicted molar refractivity (Wildman–Crippen MR) is 93.0 cm³/mol. The summed E-state index contributed by atoms with van der Waals surface area (Å²) >= 11 is 1.20. The van der Waals surface area contributed by atoms with Gasteiger partial charge in [-0.05, 0) is 35.6 Å². The largest absolute Gasteiger partial charge is 0.348 e. The molecule has 0 saturated carbocycles. The summed E-state index contributed by atoms with van der Waals surface area (Å²) in [7, 11) is 0. The Hall–Kier alpha value is -2.47. The summed E-state index contributed by atoms with van der Waals surface area (Å²) < 4.78 is 6.21. The predicted octanol–water partition coefficient (Wildman–Crippen LogP) is 3.15. The molecule has 1 aliphatic heterocycles. The smallest absolute Gasteiger partial charge is 0.268 e. The van der Waals surface area contributed by atoms with Crippen LogP contribution in [0, 0.1) is 0 Å². The van der Waals surface area contributed by atoms with Crippen molar-refractivity contribution in [3.8, 4) is 0 Å². The fraction of sp³-hybridized carbons (Fsp3) is 0.278. The first-order chi connectivity index (χ1) is 11.8. The van der Waals surface area contributed by atoms with Crippen molar-refractivity contribution in [3.63, 3.8) is 0 Å². The Morgan fingerprint density at radius 3 is 2.83 bits per heavy atom. The van der Waals surface area contributed by atoms with E-state index in [1.165, 1.54) is 11.5 Å². The number of carbonyl (C=O) groups is 1. The Kier molecular flexibility index (Phi) is 3.90. The summed E-state index contributed by atoms with van der Waals surface area (Å²) in [5.41, 5.74) is 3.06. The van der Waals surface area contributed by atoms with Gasteiger partial charge in [-0.2, -0.15) is 0 Å². The van der Waals surface area contributed by atoms with Crippen molar-refractivity contribution < 1.29 is 4.79 Å². The van der Waals surface area contributed by atoms with E-state index in [1.807, 2.05) is 36.1 Å². The average molecular weight is 338 g/mol. The third-order valence-electron chi connectivity index (χ3n) is 4.50. The molecule has 4 rings (SSSR count). The molecule has 24 heavy (non-hydrogen) atoms. The van der Waals surface area contributed by atoms with Gasteiger partial charge in [0, 0.05) is 25.0 Å². The maximum absolute atomic E-state index is 13.2. The van der Waals surface area contributed by atoms with E-state index in [1.54, 1.807) is 0 Å². The van der Waals surface area contributed by atoms with Crippen LogP contribution in [0.3, 0.4) is 0 Å². The fourth-order valence-corrected chi connectivity index (χ4v) is 4.03. The summed E-state index contributed by atoms with van der Waals surface area (Å²) in [5.74, 6) is 0.0307. The maximum Gasteiger partial charge on any atom is 0.268 e. The van der Waals surface area contributed by atoms with E-state index < -0.39 is 0 Å². The zero-order valence-corrected chi connectivity index (χ0v) is 14.2. The molecule has 122 valence electrons. The first-order valence-electron chi connectivity index (χ1n) is 8.11. The quantitative estimate of drug-likeness (QED) is 0.737. The van der Waals surface area contributed by atoms with Gasteiger partial charge in [0.25, 0.3) is 5.91 Å². The number of aryl methyl sites for hydroxylation is 1. The second-order valence-electron chi connectivity index (χ2n) is 5.84. The molecule has 0 spiro atoms. The molecule has 1 unspecified atom stereocenters. The van der Waals surface area contributed by atoms with Crippen LogP contribution in [0.15, 0.2) is 48.7 Å². The molecule has 1 atom stereocenters. The normalized spacial score (nSPS) is 16.9. The number of aromatic nitrogens is 3. The molecule has 0 radical (unpaired) electrons. The van der Waals surface area contributed by atoms with E-state index in [4.69, 9.17) is 0 Å². The molecule has 2 aromatic heterocycles. The molecular formula is C18H18N4OS. The van der Waals surface area contributed by atoms with Crippen LogP contribution in [0.1, 0.15) is 39.6 Å². The molecule has 3 heterocycles. The van der Waals surface area contributed by atoms with Gasteiger partial charge in [0.2, 0.25) is 0 Å². The highest BCUT2D eigenvalue weighted by Crippen LogP contribution is 2.34. The first-order valence-corrected chi connectivity index (χ1v) is 8.89. The van der Waals surface area contributed by atoms with Gasteiger partial charge >= 0.3 is 0 Å². The SMILES string of the molecule is CCc1nnsc1C(=O)N1CCn2cccc2C1c1ccccc1. The van der Waals surface area contributed by atoms with Gasteiger partial charge in [0.1, 0.15) is 4.88 Å². The standard InChI is InChI=1S/C18H18N4OS/c1-2-14-17(24-20-19-14)18(23)22-12-11-21-10-6-9-15(21)16(22)13-7-4-3-5-8-13/h3-10,16H,2,11-12H2,1H3. The minimum atomic E-state index is -0.0748. The second-order valence-corrected chi connectivity index (χ2v) is 6.59. The van der Waals surface area contributed by atoms with Crippen molar-refractivity contribution in [1.29, 1.82) is 0 Å². The Labute approximate surface area is 144 Å². The Bertz CT molecular complexity index is 855. The zero-order chi connectivity index (χ0) is 16.5. The van der Waals surface area contributed by atoms with Gasteiger partial charge in [-0.3, -0.25) is 4.79 Å². The van der Waals surface area contributed by atoms with Crippen molar-refractivity contribution in [2.75, 3.05) is 6.54 Å². The number of benzene rings is 1. The Balaban J connectivity index is 1.78. The molecule has 1 aliphatic rings. The number of amides is 1. The van der Waals surface area contributed by atoms with Crippen molar-refractivity contribution in [3.05, 3.63) is 70.5 Å². The van der Waals surface area contributed by atoms with Crippen LogP contribution in [0.25, 0.3) is 0 Å². The third-order valence-corrected chi connectivity index (χ3v) is 5.26. The van der Waals surface area contributed by atoms with Crippen molar-refractivity contribution in [2.45, 2.75) is 25.9 Å². The van der Waals surface area contributed by atoms with Crippen LogP contribution >= 0.6 is 11.5 Å². The van der Waals surface area contributed by atoms with E-state index in [0.717, 1.165) is 29.9 Å². The summed E-state index contributed by atoms with van der Waals surface area (Å²) in [6, 6.07) is 14.3. The molecule has 0 aliphatic carbocycles. The lowest BCUT2D eigenvalue weighted by molar-refractivity contribution is 0.0668. The Morgan fingerprint density at radius 2 is 2.04 bits per heavy atom. The molecule has 0 fully saturated rings. The van der Waals surface area contributed by atoms with E-state index in [2.05, 4.69) is 38.5 Å². The number of hydrogen-bond donors (Lipinski definition) is 0. The highest BCUT2D eigenvalue weighted by Gasteiger charge is 2.34. The summed E-state index contributed by atoms with van der Waals surface area (Å²) in [6.45, 7) is 3.50. The van der Waals surface area contributed by atoms with E-state index in [9.17, 15) is 4.79 Å². The molecular weight excluding hydrogens is 320 g/mol. The van der Waals surface area contributed by atoms with Gasteiger partial charge in [0.05, 0.1) is 11.7 Å². The summed E-state index contributed by atoms with van der Waals surface area (Å²) in [5, 5.41) is 4.10. The van der Waals surface area contributed by atoms with Crippen LogP contribution in [0.4, 0.5) is 0 Å². The van der Waals surface area contributed by atoms with E-state index in [0.29, 0.717) is 11.4 Å². The molecule has 0 saturated heterocycles. The first kappa shape index (κ1) is 15.1.